The Labute approximate surface area is 84.2 Å². The molecule has 1 rings (SSSR count). The number of hydrogen-bond donors (Lipinski definition) is 1. The van der Waals surface area contributed by atoms with Crippen molar-refractivity contribution in [1.29, 1.82) is 0 Å². The molecule has 13 heavy (non-hydrogen) atoms. The van der Waals surface area contributed by atoms with E-state index in [0.717, 1.165) is 5.75 Å². The third-order valence-electron chi connectivity index (χ3n) is 1.97. The van der Waals surface area contributed by atoms with Gasteiger partial charge in [-0.2, -0.15) is 0 Å². The van der Waals surface area contributed by atoms with E-state index in [9.17, 15) is 0 Å². The summed E-state index contributed by atoms with van der Waals surface area (Å²) in [5.41, 5.74) is 2.64. The topological polar surface area (TPSA) is 20.2 Å². The van der Waals surface area contributed by atoms with Gasteiger partial charge in [-0.05, 0) is 44.0 Å². The first kappa shape index (κ1) is 10.6. The van der Waals surface area contributed by atoms with Gasteiger partial charge >= 0.3 is 0 Å². The summed E-state index contributed by atoms with van der Waals surface area (Å²) in [4.78, 5) is 1.24. The lowest BCUT2D eigenvalue weighted by atomic mass is 10.1. The summed E-state index contributed by atoms with van der Waals surface area (Å²) in [6.07, 6.45) is -0.230. The van der Waals surface area contributed by atoms with Crippen LogP contribution in [-0.2, 0) is 0 Å². The molecule has 0 saturated carbocycles. The summed E-state index contributed by atoms with van der Waals surface area (Å²) < 4.78 is 0. The molecule has 72 valence electrons. The highest BCUT2D eigenvalue weighted by Crippen LogP contribution is 2.21. The minimum absolute atomic E-state index is 0.230. The van der Waals surface area contributed by atoms with E-state index < -0.39 is 0 Å². The first-order chi connectivity index (χ1) is 6.09. The molecule has 0 fully saturated rings. The molecule has 0 aliphatic carbocycles. The standard InChI is InChI=1S/C11H16OS/c1-8-4-5-11(6-9(8)2)13-7-10(3)12/h4-6,10,12H,7H2,1-3H3. The van der Waals surface area contributed by atoms with Gasteiger partial charge in [0.05, 0.1) is 6.10 Å². The molecule has 0 bridgehead atoms. The fourth-order valence-corrected chi connectivity index (χ4v) is 1.88. The van der Waals surface area contributed by atoms with Crippen LogP contribution < -0.4 is 0 Å². The fourth-order valence-electron chi connectivity index (χ4n) is 1.02. The molecule has 1 unspecified atom stereocenters. The van der Waals surface area contributed by atoms with E-state index in [2.05, 4.69) is 32.0 Å². The molecule has 2 heteroatoms. The Kier molecular flexibility index (Phi) is 3.82. The maximum atomic E-state index is 9.12. The molecular formula is C11H16OS. The number of aliphatic hydroxyl groups is 1. The first-order valence-corrected chi connectivity index (χ1v) is 5.46. The molecule has 0 heterocycles. The Hall–Kier alpha value is -0.470. The number of benzene rings is 1. The van der Waals surface area contributed by atoms with E-state index in [-0.39, 0.29) is 6.10 Å². The van der Waals surface area contributed by atoms with Crippen molar-refractivity contribution in [3.8, 4) is 0 Å². The van der Waals surface area contributed by atoms with Crippen molar-refractivity contribution in [2.24, 2.45) is 0 Å². The molecule has 0 radical (unpaired) electrons. The van der Waals surface area contributed by atoms with Crippen molar-refractivity contribution in [3.63, 3.8) is 0 Å². The Morgan fingerprint density at radius 1 is 1.31 bits per heavy atom. The summed E-state index contributed by atoms with van der Waals surface area (Å²) in [5.74, 6) is 0.766. The highest BCUT2D eigenvalue weighted by molar-refractivity contribution is 7.99. The average Bonchev–Trinajstić information content (AvgIpc) is 2.07. The van der Waals surface area contributed by atoms with Crippen LogP contribution in [0.1, 0.15) is 18.1 Å². The predicted octanol–water partition coefficient (Wildman–Crippen LogP) is 2.78. The lowest BCUT2D eigenvalue weighted by Gasteiger charge is -2.06. The van der Waals surface area contributed by atoms with E-state index >= 15 is 0 Å². The smallest absolute Gasteiger partial charge is 0.0606 e. The van der Waals surface area contributed by atoms with Gasteiger partial charge in [-0.3, -0.25) is 0 Å². The van der Waals surface area contributed by atoms with Crippen molar-refractivity contribution >= 4 is 11.8 Å². The van der Waals surface area contributed by atoms with Gasteiger partial charge in [-0.15, -0.1) is 11.8 Å². The van der Waals surface area contributed by atoms with Crippen LogP contribution in [0.25, 0.3) is 0 Å². The number of hydrogen-bond acceptors (Lipinski definition) is 2. The maximum absolute atomic E-state index is 9.12. The molecule has 1 N–H and O–H groups in total. The summed E-state index contributed by atoms with van der Waals surface area (Å²) in [6.45, 7) is 6.04. The Bertz CT molecular complexity index is 281. The largest absolute Gasteiger partial charge is 0.393 e. The minimum atomic E-state index is -0.230. The fraction of sp³-hybridized carbons (Fsp3) is 0.455. The Morgan fingerprint density at radius 2 is 2.00 bits per heavy atom. The zero-order valence-corrected chi connectivity index (χ0v) is 9.19. The Morgan fingerprint density at radius 3 is 2.54 bits per heavy atom. The molecular weight excluding hydrogens is 180 g/mol. The molecule has 0 spiro atoms. The highest BCUT2D eigenvalue weighted by atomic mass is 32.2. The van der Waals surface area contributed by atoms with Crippen LogP contribution in [0.5, 0.6) is 0 Å². The molecule has 0 aromatic heterocycles. The van der Waals surface area contributed by atoms with Crippen LogP contribution in [0.4, 0.5) is 0 Å². The zero-order chi connectivity index (χ0) is 9.84. The molecule has 1 atom stereocenters. The SMILES string of the molecule is Cc1ccc(SCC(C)O)cc1C. The van der Waals surface area contributed by atoms with Crippen molar-refractivity contribution in [3.05, 3.63) is 29.3 Å². The lowest BCUT2D eigenvalue weighted by Crippen LogP contribution is -2.02. The number of thioether (sulfide) groups is 1. The second-order valence-electron chi connectivity index (χ2n) is 3.41. The quantitative estimate of drug-likeness (QED) is 0.750. The third-order valence-corrected chi connectivity index (χ3v) is 3.21. The summed E-state index contributed by atoms with van der Waals surface area (Å²) in [6, 6.07) is 6.40. The van der Waals surface area contributed by atoms with Gasteiger partial charge in [0, 0.05) is 10.6 Å². The summed E-state index contributed by atoms with van der Waals surface area (Å²) >= 11 is 1.70. The van der Waals surface area contributed by atoms with Crippen LogP contribution >= 0.6 is 11.8 Å². The molecule has 0 aliphatic rings. The summed E-state index contributed by atoms with van der Waals surface area (Å²) in [5, 5.41) is 9.12. The van der Waals surface area contributed by atoms with Gasteiger partial charge in [0.15, 0.2) is 0 Å². The highest BCUT2D eigenvalue weighted by Gasteiger charge is 1.99. The molecule has 0 aliphatic heterocycles. The van der Waals surface area contributed by atoms with Crippen LogP contribution in [0.2, 0.25) is 0 Å². The van der Waals surface area contributed by atoms with E-state index in [1.165, 1.54) is 16.0 Å². The molecule has 0 saturated heterocycles. The van der Waals surface area contributed by atoms with Crippen LogP contribution in [0, 0.1) is 13.8 Å². The molecule has 1 aromatic carbocycles. The van der Waals surface area contributed by atoms with Crippen LogP contribution in [0.15, 0.2) is 23.1 Å². The maximum Gasteiger partial charge on any atom is 0.0606 e. The van der Waals surface area contributed by atoms with Gasteiger partial charge in [-0.25, -0.2) is 0 Å². The van der Waals surface area contributed by atoms with Gasteiger partial charge in [0.25, 0.3) is 0 Å². The predicted molar refractivity (Wildman–Crippen MR) is 58.3 cm³/mol. The van der Waals surface area contributed by atoms with Crippen molar-refractivity contribution in [1.82, 2.24) is 0 Å². The number of aryl methyl sites for hydroxylation is 2. The second-order valence-corrected chi connectivity index (χ2v) is 4.50. The summed E-state index contributed by atoms with van der Waals surface area (Å²) in [7, 11) is 0. The van der Waals surface area contributed by atoms with E-state index in [1.807, 2.05) is 6.92 Å². The van der Waals surface area contributed by atoms with Gasteiger partial charge in [0.2, 0.25) is 0 Å². The number of aliphatic hydroxyl groups excluding tert-OH is 1. The van der Waals surface area contributed by atoms with Crippen molar-refractivity contribution in [2.75, 3.05) is 5.75 Å². The second kappa shape index (κ2) is 4.68. The van der Waals surface area contributed by atoms with Crippen LogP contribution in [-0.4, -0.2) is 17.0 Å². The van der Waals surface area contributed by atoms with Gasteiger partial charge in [-0.1, -0.05) is 6.07 Å². The van der Waals surface area contributed by atoms with E-state index in [4.69, 9.17) is 5.11 Å². The van der Waals surface area contributed by atoms with Gasteiger partial charge in [0.1, 0.15) is 0 Å². The monoisotopic (exact) mass is 196 g/mol. The number of rotatable bonds is 3. The Balaban J connectivity index is 2.63. The molecule has 0 amide bonds. The average molecular weight is 196 g/mol. The van der Waals surface area contributed by atoms with Crippen LogP contribution in [0.3, 0.4) is 0 Å². The van der Waals surface area contributed by atoms with Crippen molar-refractivity contribution < 1.29 is 5.11 Å². The third kappa shape index (κ3) is 3.41. The van der Waals surface area contributed by atoms with Gasteiger partial charge < -0.3 is 5.11 Å². The molecule has 1 nitrogen and oxygen atoms in total. The molecule has 1 aromatic rings. The first-order valence-electron chi connectivity index (χ1n) is 4.47. The lowest BCUT2D eigenvalue weighted by molar-refractivity contribution is 0.220. The van der Waals surface area contributed by atoms with E-state index in [0.29, 0.717) is 0 Å². The van der Waals surface area contributed by atoms with E-state index in [1.54, 1.807) is 11.8 Å². The zero-order valence-electron chi connectivity index (χ0n) is 8.37. The normalized spacial score (nSPS) is 12.9. The van der Waals surface area contributed by atoms with Crippen molar-refractivity contribution in [2.45, 2.75) is 31.8 Å². The minimum Gasteiger partial charge on any atom is -0.393 e.